The first kappa shape index (κ1) is 57.9. The minimum atomic E-state index is 0.180. The fourth-order valence-electron chi connectivity index (χ4n) is 7.15. The molecule has 2 rings (SSSR count). The van der Waals surface area contributed by atoms with Crippen LogP contribution in [0.25, 0.3) is 11.1 Å². The van der Waals surface area contributed by atoms with Gasteiger partial charge in [0.1, 0.15) is 0 Å². The Labute approximate surface area is 355 Å². The summed E-state index contributed by atoms with van der Waals surface area (Å²) in [5.41, 5.74) is 17.0. The molecule has 0 amide bonds. The largest absolute Gasteiger partial charge is 0.119 e. The zero-order valence-corrected chi connectivity index (χ0v) is 42.9. The molecule has 0 aliphatic heterocycles. The summed E-state index contributed by atoms with van der Waals surface area (Å²) >= 11 is 0. The van der Waals surface area contributed by atoms with E-state index >= 15 is 0 Å². The fourth-order valence-corrected chi connectivity index (χ4v) is 7.29. The van der Waals surface area contributed by atoms with E-state index in [0.29, 0.717) is 5.92 Å². The molecule has 0 aliphatic rings. The Kier molecular flexibility index (Phi) is 29.9. The Balaban J connectivity index is -0.000000716. The Hall–Kier alpha value is -2.43. The van der Waals surface area contributed by atoms with Crippen LogP contribution in [0.3, 0.4) is 0 Å². The molecule has 0 nitrogen and oxygen atoms in total. The van der Waals surface area contributed by atoms with E-state index < -0.39 is 0 Å². The first-order valence-electron chi connectivity index (χ1n) is 22.0. The van der Waals surface area contributed by atoms with Crippen LogP contribution in [0.1, 0.15) is 197 Å². The van der Waals surface area contributed by atoms with E-state index in [2.05, 4.69) is 204 Å². The molecule has 1 unspecified atom stereocenters. The van der Waals surface area contributed by atoms with Crippen molar-refractivity contribution in [2.75, 3.05) is 0 Å². The second-order valence-corrected chi connectivity index (χ2v) is 20.0. The monoisotopic (exact) mass is 787 g/mol. The SMILES string of the molecule is C/C=C(CCCCC)\C(=C/C(C)=P)C(C)(C)C.C=C(C)C(C)CC(C)C.C=C(C)CC(C)C.CC.Cc1cc(C)c(-c2cc(C(C)(C)C)c(C)cc2C)c(C)c1. The standard InChI is InChI=1S/C21H28.C16H29P.C9H18.C7H14.C2H6/c1-13-9-16(4)20(17(5)10-13)18-12-19(21(6,7)8)15(3)11-14(18)2;1-7-9-10-11-14(8-2)15(12-13(3)17)16(4,5)6;1-7(2)6-9(5)8(3)4;1-6(2)5-7(3)4;1-2/h9-12H,1-8H3;8,12,17H,7,9-11H2,1-6H3;7,9H,3,6H2,1-2,4-5H3;7H,1,5H2,2-4H3;1-2H3/b;14-8-,15-12+;;;. The Morgan fingerprint density at radius 2 is 1.23 bits per heavy atom. The zero-order valence-electron chi connectivity index (χ0n) is 41.9. The maximum Gasteiger partial charge on any atom is -0.0122 e. The minimum absolute atomic E-state index is 0.180. The molecule has 0 saturated carbocycles. The summed E-state index contributed by atoms with van der Waals surface area (Å²) in [6, 6.07) is 9.33. The molecule has 0 aliphatic carbocycles. The van der Waals surface area contributed by atoms with Gasteiger partial charge in [-0.05, 0) is 172 Å². The van der Waals surface area contributed by atoms with Gasteiger partial charge in [0.05, 0.1) is 0 Å². The molecule has 2 aromatic rings. The van der Waals surface area contributed by atoms with Crippen LogP contribution in [0.5, 0.6) is 0 Å². The molecular formula is C55H95P. The lowest BCUT2D eigenvalue weighted by Gasteiger charge is -2.26. The van der Waals surface area contributed by atoms with Gasteiger partial charge in [0.2, 0.25) is 0 Å². The van der Waals surface area contributed by atoms with Crippen molar-refractivity contribution in [3.05, 3.63) is 105 Å². The van der Waals surface area contributed by atoms with E-state index in [1.807, 2.05) is 13.8 Å². The second-order valence-electron chi connectivity index (χ2n) is 19.2. The quantitative estimate of drug-likeness (QED) is 0.0870. The molecular weight excluding hydrogens is 692 g/mol. The van der Waals surface area contributed by atoms with Crippen LogP contribution in [0, 0.1) is 57.8 Å². The van der Waals surface area contributed by atoms with Crippen molar-refractivity contribution in [3.8, 4) is 11.1 Å². The lowest BCUT2D eigenvalue weighted by Crippen LogP contribution is -2.13. The summed E-state index contributed by atoms with van der Waals surface area (Å²) in [5.74, 6) is 2.28. The number of aryl methyl sites for hydroxylation is 5. The first-order valence-corrected chi connectivity index (χ1v) is 22.5. The van der Waals surface area contributed by atoms with E-state index in [0.717, 1.165) is 11.8 Å². The molecule has 0 aromatic heterocycles. The highest BCUT2D eigenvalue weighted by atomic mass is 31.0. The van der Waals surface area contributed by atoms with Crippen molar-refractivity contribution >= 4 is 14.2 Å². The lowest BCUT2D eigenvalue weighted by atomic mass is 9.79. The minimum Gasteiger partial charge on any atom is -0.119 e. The highest BCUT2D eigenvalue weighted by Crippen LogP contribution is 2.37. The highest BCUT2D eigenvalue weighted by Gasteiger charge is 2.21. The van der Waals surface area contributed by atoms with Gasteiger partial charge in [-0.25, -0.2) is 0 Å². The number of allylic oxidation sites excluding steroid dienone is 6. The molecule has 0 radical (unpaired) electrons. The van der Waals surface area contributed by atoms with E-state index in [4.69, 9.17) is 0 Å². The summed E-state index contributed by atoms with van der Waals surface area (Å²) < 4.78 is 0. The second kappa shape index (κ2) is 28.9. The van der Waals surface area contributed by atoms with E-state index in [1.165, 1.54) is 111 Å². The molecule has 0 heterocycles. The van der Waals surface area contributed by atoms with E-state index in [9.17, 15) is 0 Å². The molecule has 2 aromatic carbocycles. The first-order chi connectivity index (χ1) is 25.6. The van der Waals surface area contributed by atoms with Gasteiger partial charge in [0.25, 0.3) is 0 Å². The Morgan fingerprint density at radius 1 is 0.732 bits per heavy atom. The van der Waals surface area contributed by atoms with Crippen LogP contribution >= 0.6 is 8.86 Å². The zero-order chi connectivity index (χ0) is 44.7. The van der Waals surface area contributed by atoms with E-state index in [1.54, 1.807) is 0 Å². The highest BCUT2D eigenvalue weighted by molar-refractivity contribution is 7.21. The molecule has 0 saturated heterocycles. The van der Waals surface area contributed by atoms with Gasteiger partial charge < -0.3 is 0 Å². The van der Waals surface area contributed by atoms with Gasteiger partial charge in [-0.1, -0.05) is 169 Å². The molecule has 0 N–H and O–H groups in total. The smallest absolute Gasteiger partial charge is 0.0122 e. The van der Waals surface area contributed by atoms with Gasteiger partial charge in [-0.3, -0.25) is 0 Å². The summed E-state index contributed by atoms with van der Waals surface area (Å²) in [5, 5.41) is 1.20. The van der Waals surface area contributed by atoms with Gasteiger partial charge in [-0.2, -0.15) is 0 Å². The van der Waals surface area contributed by atoms with Gasteiger partial charge in [-0.15, -0.1) is 15.4 Å². The number of hydrogen-bond donors (Lipinski definition) is 0. The molecule has 56 heavy (non-hydrogen) atoms. The maximum absolute atomic E-state index is 3.91. The van der Waals surface area contributed by atoms with Crippen molar-refractivity contribution in [1.82, 2.24) is 0 Å². The number of hydrogen-bond acceptors (Lipinski definition) is 0. The fraction of sp³-hybridized carbons (Fsp3) is 0.618. The Bertz CT molecular complexity index is 1500. The van der Waals surface area contributed by atoms with Crippen molar-refractivity contribution in [1.29, 1.82) is 0 Å². The van der Waals surface area contributed by atoms with Gasteiger partial charge in [0.15, 0.2) is 0 Å². The summed E-state index contributed by atoms with van der Waals surface area (Å²) in [6.07, 6.45) is 12.1. The van der Waals surface area contributed by atoms with Gasteiger partial charge >= 0.3 is 0 Å². The molecule has 1 atom stereocenters. The number of benzene rings is 2. The van der Waals surface area contributed by atoms with Crippen LogP contribution in [-0.4, -0.2) is 5.29 Å². The van der Waals surface area contributed by atoms with Crippen LogP contribution in [0.2, 0.25) is 0 Å². The third-order valence-electron chi connectivity index (χ3n) is 9.66. The number of unbranched alkanes of at least 4 members (excludes halogenated alkanes) is 2. The molecule has 0 spiro atoms. The predicted molar refractivity (Wildman–Crippen MR) is 268 cm³/mol. The summed E-state index contributed by atoms with van der Waals surface area (Å²) in [7, 11) is 3.61. The van der Waals surface area contributed by atoms with Crippen LogP contribution < -0.4 is 0 Å². The average molecular weight is 787 g/mol. The van der Waals surface area contributed by atoms with Crippen molar-refractivity contribution in [2.24, 2.45) is 23.2 Å². The Morgan fingerprint density at radius 3 is 1.54 bits per heavy atom. The topological polar surface area (TPSA) is 0 Å². The van der Waals surface area contributed by atoms with E-state index in [-0.39, 0.29) is 10.8 Å². The van der Waals surface area contributed by atoms with Crippen LogP contribution in [0.4, 0.5) is 0 Å². The maximum atomic E-state index is 3.91. The van der Waals surface area contributed by atoms with Crippen LogP contribution in [0.15, 0.2) is 71.9 Å². The normalized spacial score (nSPS) is 12.2. The molecule has 320 valence electrons. The van der Waals surface area contributed by atoms with Crippen molar-refractivity contribution in [2.45, 2.75) is 203 Å². The predicted octanol–water partition coefficient (Wildman–Crippen LogP) is 18.9. The third-order valence-corrected chi connectivity index (χ3v) is 9.81. The van der Waals surface area contributed by atoms with Crippen molar-refractivity contribution < 1.29 is 0 Å². The molecule has 1 heteroatoms. The molecule has 0 bridgehead atoms. The number of rotatable bonds is 12. The lowest BCUT2D eigenvalue weighted by molar-refractivity contribution is 0.487. The van der Waals surface area contributed by atoms with Gasteiger partial charge in [0, 0.05) is 0 Å². The summed E-state index contributed by atoms with van der Waals surface area (Å²) in [4.78, 5) is 0. The van der Waals surface area contributed by atoms with Crippen LogP contribution in [-0.2, 0) is 5.41 Å². The summed E-state index contributed by atoms with van der Waals surface area (Å²) in [6.45, 7) is 58.4. The average Bonchev–Trinajstić information content (AvgIpc) is 3.02. The van der Waals surface area contributed by atoms with Crippen molar-refractivity contribution in [3.63, 3.8) is 0 Å². The third kappa shape index (κ3) is 25.0. The molecule has 0 fully saturated rings.